The molecule has 1 fully saturated rings. The molecule has 0 saturated carbocycles. The molecule has 0 aromatic carbocycles. The fraction of sp³-hybridized carbons (Fsp3) is 0.941. The van der Waals surface area contributed by atoms with E-state index in [0.717, 1.165) is 19.4 Å². The average Bonchev–Trinajstić information content (AvgIpc) is 2.33. The highest BCUT2D eigenvalue weighted by Crippen LogP contribution is 2.20. The molecular formula is C17H34N2O3. The first-order valence-electron chi connectivity index (χ1n) is 8.35. The van der Waals surface area contributed by atoms with E-state index < -0.39 is 5.60 Å². The molecule has 0 aliphatic carbocycles. The van der Waals surface area contributed by atoms with E-state index in [1.165, 1.54) is 0 Å². The quantitative estimate of drug-likeness (QED) is 0.819. The van der Waals surface area contributed by atoms with Crippen molar-refractivity contribution in [2.75, 3.05) is 13.2 Å². The fourth-order valence-electron chi connectivity index (χ4n) is 2.50. The van der Waals surface area contributed by atoms with E-state index in [-0.39, 0.29) is 11.6 Å². The molecule has 1 amide bonds. The third-order valence-electron chi connectivity index (χ3n) is 3.73. The maximum Gasteiger partial charge on any atom is 0.408 e. The molecule has 1 heterocycles. The Bertz CT molecular complexity index is 361. The Morgan fingerprint density at radius 3 is 2.45 bits per heavy atom. The van der Waals surface area contributed by atoms with Gasteiger partial charge in [0.25, 0.3) is 0 Å². The molecule has 5 heteroatoms. The van der Waals surface area contributed by atoms with Gasteiger partial charge in [-0.05, 0) is 53.4 Å². The maximum atomic E-state index is 11.9. The second-order valence-electron chi connectivity index (χ2n) is 8.27. The van der Waals surface area contributed by atoms with Crippen molar-refractivity contribution in [1.29, 1.82) is 0 Å². The molecule has 5 nitrogen and oxygen atoms in total. The standard InChI is InChI=1S/C17H34N2O3/c1-12(2)14-10-13(8-9-21-14)18-11-17(6,7)19-15(20)22-16(3,4)5/h12-14,18H,8-11H2,1-7H3,(H,19,20). The third-order valence-corrected chi connectivity index (χ3v) is 3.73. The van der Waals surface area contributed by atoms with E-state index >= 15 is 0 Å². The molecule has 0 aromatic heterocycles. The molecule has 1 rings (SSSR count). The van der Waals surface area contributed by atoms with Crippen LogP contribution in [0.2, 0.25) is 0 Å². The summed E-state index contributed by atoms with van der Waals surface area (Å²) in [5.41, 5.74) is -0.827. The van der Waals surface area contributed by atoms with Crippen LogP contribution in [0.1, 0.15) is 61.3 Å². The number of alkyl carbamates (subject to hydrolysis) is 1. The van der Waals surface area contributed by atoms with Gasteiger partial charge in [0.2, 0.25) is 0 Å². The van der Waals surface area contributed by atoms with Crippen molar-refractivity contribution in [3.05, 3.63) is 0 Å². The van der Waals surface area contributed by atoms with Gasteiger partial charge in [0.05, 0.1) is 11.6 Å². The monoisotopic (exact) mass is 314 g/mol. The Balaban J connectivity index is 2.40. The van der Waals surface area contributed by atoms with E-state index in [1.807, 2.05) is 34.6 Å². The van der Waals surface area contributed by atoms with Gasteiger partial charge in [0.15, 0.2) is 0 Å². The van der Waals surface area contributed by atoms with Crippen molar-refractivity contribution >= 4 is 6.09 Å². The number of carbonyl (C=O) groups is 1. The summed E-state index contributed by atoms with van der Waals surface area (Å²) in [6.45, 7) is 15.5. The molecule has 2 unspecified atom stereocenters. The van der Waals surface area contributed by atoms with Gasteiger partial charge in [0.1, 0.15) is 5.60 Å². The summed E-state index contributed by atoms with van der Waals surface area (Å²) in [5.74, 6) is 0.539. The number of hydrogen-bond acceptors (Lipinski definition) is 4. The van der Waals surface area contributed by atoms with Crippen LogP contribution in [0.4, 0.5) is 4.79 Å². The van der Waals surface area contributed by atoms with E-state index in [4.69, 9.17) is 9.47 Å². The molecule has 0 bridgehead atoms. The van der Waals surface area contributed by atoms with Gasteiger partial charge in [-0.1, -0.05) is 13.8 Å². The first-order valence-corrected chi connectivity index (χ1v) is 8.35. The minimum absolute atomic E-state index is 0.327. The number of amides is 1. The van der Waals surface area contributed by atoms with Gasteiger partial charge in [0, 0.05) is 19.2 Å². The van der Waals surface area contributed by atoms with Crippen LogP contribution in [0.25, 0.3) is 0 Å². The van der Waals surface area contributed by atoms with Gasteiger partial charge >= 0.3 is 6.09 Å². The summed E-state index contributed by atoms with van der Waals surface area (Å²) < 4.78 is 11.1. The smallest absolute Gasteiger partial charge is 0.408 e. The average molecular weight is 314 g/mol. The fourth-order valence-corrected chi connectivity index (χ4v) is 2.50. The highest BCUT2D eigenvalue weighted by Gasteiger charge is 2.28. The zero-order chi connectivity index (χ0) is 17.0. The van der Waals surface area contributed by atoms with Crippen molar-refractivity contribution < 1.29 is 14.3 Å². The van der Waals surface area contributed by atoms with Gasteiger partial charge in [-0.25, -0.2) is 4.79 Å². The Kier molecular flexibility index (Phi) is 6.68. The molecule has 2 atom stereocenters. The number of rotatable bonds is 5. The van der Waals surface area contributed by atoms with Crippen LogP contribution in [-0.4, -0.2) is 42.5 Å². The highest BCUT2D eigenvalue weighted by atomic mass is 16.6. The summed E-state index contributed by atoms with van der Waals surface area (Å²) in [5, 5.41) is 6.50. The maximum absolute atomic E-state index is 11.9. The summed E-state index contributed by atoms with van der Waals surface area (Å²) >= 11 is 0. The van der Waals surface area contributed by atoms with Crippen molar-refractivity contribution in [2.45, 2.75) is 84.6 Å². The molecule has 0 spiro atoms. The molecule has 1 saturated heterocycles. The topological polar surface area (TPSA) is 59.6 Å². The minimum atomic E-state index is -0.473. The summed E-state index contributed by atoms with van der Waals surface area (Å²) in [4.78, 5) is 11.9. The van der Waals surface area contributed by atoms with E-state index in [0.29, 0.717) is 24.6 Å². The van der Waals surface area contributed by atoms with Crippen molar-refractivity contribution in [2.24, 2.45) is 5.92 Å². The van der Waals surface area contributed by atoms with E-state index in [9.17, 15) is 4.79 Å². The summed E-state index contributed by atoms with van der Waals surface area (Å²) in [6.07, 6.45) is 2.01. The van der Waals surface area contributed by atoms with E-state index in [2.05, 4.69) is 24.5 Å². The zero-order valence-corrected chi connectivity index (χ0v) is 15.3. The number of carbonyl (C=O) groups excluding carboxylic acids is 1. The Hall–Kier alpha value is -0.810. The van der Waals surface area contributed by atoms with Crippen LogP contribution in [0.5, 0.6) is 0 Å². The molecule has 130 valence electrons. The van der Waals surface area contributed by atoms with Crippen LogP contribution in [0.15, 0.2) is 0 Å². The number of ether oxygens (including phenoxy) is 2. The lowest BCUT2D eigenvalue weighted by Gasteiger charge is -2.35. The lowest BCUT2D eigenvalue weighted by Crippen LogP contribution is -2.54. The zero-order valence-electron chi connectivity index (χ0n) is 15.3. The van der Waals surface area contributed by atoms with Crippen molar-refractivity contribution in [1.82, 2.24) is 10.6 Å². The SMILES string of the molecule is CC(C)C1CC(NCC(C)(C)NC(=O)OC(C)(C)C)CCO1. The molecule has 0 radical (unpaired) electrons. The lowest BCUT2D eigenvalue weighted by atomic mass is 9.94. The van der Waals surface area contributed by atoms with Gasteiger partial charge in [-0.15, -0.1) is 0 Å². The molecule has 2 N–H and O–H groups in total. The molecular weight excluding hydrogens is 280 g/mol. The van der Waals surface area contributed by atoms with E-state index in [1.54, 1.807) is 0 Å². The van der Waals surface area contributed by atoms with Crippen molar-refractivity contribution in [3.8, 4) is 0 Å². The van der Waals surface area contributed by atoms with Crippen LogP contribution >= 0.6 is 0 Å². The predicted molar refractivity (Wildman–Crippen MR) is 89.1 cm³/mol. The van der Waals surface area contributed by atoms with Crippen LogP contribution in [-0.2, 0) is 9.47 Å². The van der Waals surface area contributed by atoms with Gasteiger partial charge < -0.3 is 20.1 Å². The number of nitrogens with one attached hydrogen (secondary N) is 2. The van der Waals surface area contributed by atoms with Crippen molar-refractivity contribution in [3.63, 3.8) is 0 Å². The highest BCUT2D eigenvalue weighted by molar-refractivity contribution is 5.68. The second-order valence-corrected chi connectivity index (χ2v) is 8.27. The lowest BCUT2D eigenvalue weighted by molar-refractivity contribution is -0.0251. The minimum Gasteiger partial charge on any atom is -0.444 e. The Morgan fingerprint density at radius 2 is 1.91 bits per heavy atom. The second kappa shape index (κ2) is 7.64. The first kappa shape index (κ1) is 19.2. The largest absolute Gasteiger partial charge is 0.444 e. The third kappa shape index (κ3) is 7.45. The first-order chi connectivity index (χ1) is 9.98. The van der Waals surface area contributed by atoms with Crippen LogP contribution in [0, 0.1) is 5.92 Å². The van der Waals surface area contributed by atoms with Crippen LogP contribution < -0.4 is 10.6 Å². The van der Waals surface area contributed by atoms with Gasteiger partial charge in [-0.3, -0.25) is 0 Å². The van der Waals surface area contributed by atoms with Crippen LogP contribution in [0.3, 0.4) is 0 Å². The van der Waals surface area contributed by atoms with Gasteiger partial charge in [-0.2, -0.15) is 0 Å². The molecule has 22 heavy (non-hydrogen) atoms. The number of hydrogen-bond donors (Lipinski definition) is 2. The summed E-state index contributed by atoms with van der Waals surface area (Å²) in [7, 11) is 0. The Morgan fingerprint density at radius 1 is 1.27 bits per heavy atom. The normalized spacial score (nSPS) is 23.5. The summed E-state index contributed by atoms with van der Waals surface area (Å²) in [6, 6.07) is 0.445. The Labute approximate surface area is 135 Å². The predicted octanol–water partition coefficient (Wildman–Crippen LogP) is 3.08. The molecule has 0 aromatic rings. The molecule has 1 aliphatic rings. The molecule has 1 aliphatic heterocycles.